The lowest BCUT2D eigenvalue weighted by Gasteiger charge is -2.15. The maximum Gasteiger partial charge on any atom is 0.339 e. The lowest BCUT2D eigenvalue weighted by atomic mass is 10.1. The molecular weight excluding hydrogens is 294 g/mol. The van der Waals surface area contributed by atoms with Crippen molar-refractivity contribution in [1.29, 1.82) is 0 Å². The molecule has 1 aliphatic rings. The first-order valence-electron chi connectivity index (χ1n) is 6.80. The van der Waals surface area contributed by atoms with Gasteiger partial charge in [0.1, 0.15) is 11.3 Å². The van der Waals surface area contributed by atoms with E-state index < -0.39 is 27.3 Å². The Hall–Kier alpha value is -1.60. The zero-order valence-corrected chi connectivity index (χ0v) is 12.8. The third kappa shape index (κ3) is 3.36. The molecule has 116 valence electrons. The smallest absolute Gasteiger partial charge is 0.339 e. The minimum Gasteiger partial charge on any atom is -0.507 e. The molecule has 0 spiro atoms. The highest BCUT2D eigenvalue weighted by atomic mass is 32.2. The van der Waals surface area contributed by atoms with Crippen molar-refractivity contribution >= 4 is 16.0 Å². The van der Waals surface area contributed by atoms with Crippen LogP contribution in [0.15, 0.2) is 17.0 Å². The van der Waals surface area contributed by atoms with Crippen molar-refractivity contribution < 1.29 is 23.4 Å². The summed E-state index contributed by atoms with van der Waals surface area (Å²) in [5.41, 5.74) is -0.100. The Labute approximate surface area is 123 Å². The first-order chi connectivity index (χ1) is 9.70. The number of carbonyl (C=O) groups is 1. The van der Waals surface area contributed by atoms with Crippen molar-refractivity contribution in [3.8, 4) is 5.75 Å². The van der Waals surface area contributed by atoms with E-state index in [0.717, 1.165) is 31.4 Å². The number of rotatable bonds is 4. The van der Waals surface area contributed by atoms with E-state index >= 15 is 0 Å². The molecule has 7 heteroatoms. The Morgan fingerprint density at radius 3 is 2.52 bits per heavy atom. The van der Waals surface area contributed by atoms with E-state index in [2.05, 4.69) is 11.6 Å². The number of aromatic hydroxyl groups is 1. The predicted octanol–water partition coefficient (Wildman–Crippen LogP) is 1.87. The fourth-order valence-corrected chi connectivity index (χ4v) is 4.27. The summed E-state index contributed by atoms with van der Waals surface area (Å²) in [6.07, 6.45) is 2.54. The highest BCUT2D eigenvalue weighted by Crippen LogP contribution is 2.29. The molecule has 2 unspecified atom stereocenters. The van der Waals surface area contributed by atoms with Crippen LogP contribution in [0.4, 0.5) is 0 Å². The molecule has 0 heterocycles. The molecule has 21 heavy (non-hydrogen) atoms. The average Bonchev–Trinajstić information content (AvgIpc) is 2.72. The van der Waals surface area contributed by atoms with Crippen LogP contribution >= 0.6 is 0 Å². The van der Waals surface area contributed by atoms with Crippen molar-refractivity contribution in [2.45, 2.75) is 44.0 Å². The fourth-order valence-electron chi connectivity index (χ4n) is 2.73. The molecule has 1 saturated carbocycles. The minimum atomic E-state index is -3.80. The van der Waals surface area contributed by atoms with E-state index in [0.29, 0.717) is 11.5 Å². The number of phenols is 1. The second-order valence-corrected chi connectivity index (χ2v) is 7.36. The third-order valence-electron chi connectivity index (χ3n) is 3.83. The summed E-state index contributed by atoms with van der Waals surface area (Å²) in [4.78, 5) is 10.9. The molecule has 0 aromatic heterocycles. The molecule has 2 rings (SSSR count). The molecule has 0 radical (unpaired) electrons. The molecule has 2 atom stereocenters. The molecule has 0 amide bonds. The molecule has 1 aromatic carbocycles. The van der Waals surface area contributed by atoms with Gasteiger partial charge in [0.25, 0.3) is 0 Å². The van der Waals surface area contributed by atoms with Crippen LogP contribution in [0.2, 0.25) is 0 Å². The lowest BCUT2D eigenvalue weighted by molar-refractivity contribution is 0.0693. The highest BCUT2D eigenvalue weighted by Gasteiger charge is 2.28. The molecule has 1 aromatic rings. The lowest BCUT2D eigenvalue weighted by Crippen LogP contribution is -2.33. The Bertz CT molecular complexity index is 668. The van der Waals surface area contributed by atoms with Gasteiger partial charge in [-0.3, -0.25) is 0 Å². The van der Waals surface area contributed by atoms with E-state index in [1.165, 1.54) is 6.92 Å². The first-order valence-corrected chi connectivity index (χ1v) is 8.28. The second kappa shape index (κ2) is 5.65. The van der Waals surface area contributed by atoms with Crippen molar-refractivity contribution in [2.75, 3.05) is 0 Å². The fraction of sp³-hybridized carbons (Fsp3) is 0.500. The number of hydrogen-bond acceptors (Lipinski definition) is 4. The maximum absolute atomic E-state index is 12.4. The van der Waals surface area contributed by atoms with Crippen LogP contribution < -0.4 is 4.72 Å². The quantitative estimate of drug-likeness (QED) is 0.787. The number of carboxylic acid groups (broad SMARTS) is 1. The van der Waals surface area contributed by atoms with E-state index in [1.54, 1.807) is 0 Å². The van der Waals surface area contributed by atoms with Crippen LogP contribution in [0, 0.1) is 12.8 Å². The van der Waals surface area contributed by atoms with Crippen LogP contribution in [0.25, 0.3) is 0 Å². The molecule has 1 fully saturated rings. The molecule has 6 nitrogen and oxygen atoms in total. The number of benzene rings is 1. The van der Waals surface area contributed by atoms with E-state index in [-0.39, 0.29) is 10.9 Å². The molecule has 1 aliphatic carbocycles. The van der Waals surface area contributed by atoms with Gasteiger partial charge in [-0.1, -0.05) is 6.92 Å². The highest BCUT2D eigenvalue weighted by molar-refractivity contribution is 7.89. The molecule has 3 N–H and O–H groups in total. The van der Waals surface area contributed by atoms with Crippen molar-refractivity contribution in [3.05, 3.63) is 23.3 Å². The summed E-state index contributed by atoms with van der Waals surface area (Å²) in [5.74, 6) is -1.32. The zero-order valence-electron chi connectivity index (χ0n) is 12.0. The Kier molecular flexibility index (Phi) is 4.25. The van der Waals surface area contributed by atoms with Crippen molar-refractivity contribution in [3.63, 3.8) is 0 Å². The summed E-state index contributed by atoms with van der Waals surface area (Å²) >= 11 is 0. The maximum atomic E-state index is 12.4. The summed E-state index contributed by atoms with van der Waals surface area (Å²) in [7, 11) is -3.80. The second-order valence-electron chi connectivity index (χ2n) is 5.68. The van der Waals surface area contributed by atoms with Gasteiger partial charge in [0.2, 0.25) is 10.0 Å². The normalized spacial score (nSPS) is 22.4. The molecule has 0 saturated heterocycles. The largest absolute Gasteiger partial charge is 0.507 e. The van der Waals surface area contributed by atoms with Gasteiger partial charge in [-0.15, -0.1) is 0 Å². The zero-order chi connectivity index (χ0) is 15.8. The van der Waals surface area contributed by atoms with Gasteiger partial charge in [0.15, 0.2) is 0 Å². The summed E-state index contributed by atoms with van der Waals surface area (Å²) in [6.45, 7) is 3.60. The molecule has 0 aliphatic heterocycles. The van der Waals surface area contributed by atoms with Gasteiger partial charge in [-0.05, 0) is 49.8 Å². The van der Waals surface area contributed by atoms with Gasteiger partial charge >= 0.3 is 5.97 Å². The van der Waals surface area contributed by atoms with E-state index in [1.807, 2.05) is 0 Å². The number of hydrogen-bond donors (Lipinski definition) is 3. The van der Waals surface area contributed by atoms with Crippen LogP contribution in [0.3, 0.4) is 0 Å². The Morgan fingerprint density at radius 1 is 1.33 bits per heavy atom. The monoisotopic (exact) mass is 313 g/mol. The summed E-state index contributed by atoms with van der Waals surface area (Å²) in [6, 6.07) is 2.05. The van der Waals surface area contributed by atoms with E-state index in [9.17, 15) is 18.3 Å². The summed E-state index contributed by atoms with van der Waals surface area (Å²) < 4.78 is 27.5. The first kappa shape index (κ1) is 15.8. The minimum absolute atomic E-state index is 0.0998. The van der Waals surface area contributed by atoms with Gasteiger partial charge in [-0.25, -0.2) is 17.9 Å². The number of aromatic carboxylic acids is 1. The Morgan fingerprint density at radius 2 is 2.00 bits per heavy atom. The number of carboxylic acids is 1. The molecular formula is C14H19NO5S. The van der Waals surface area contributed by atoms with Crippen LogP contribution in [-0.2, 0) is 10.0 Å². The third-order valence-corrected chi connectivity index (χ3v) is 5.49. The van der Waals surface area contributed by atoms with Gasteiger partial charge < -0.3 is 10.2 Å². The average molecular weight is 313 g/mol. The molecule has 0 bridgehead atoms. The van der Waals surface area contributed by atoms with Crippen LogP contribution in [0.5, 0.6) is 5.75 Å². The van der Waals surface area contributed by atoms with Gasteiger partial charge in [-0.2, -0.15) is 0 Å². The predicted molar refractivity (Wildman–Crippen MR) is 76.9 cm³/mol. The number of nitrogens with one attached hydrogen (secondary N) is 1. The van der Waals surface area contributed by atoms with Crippen LogP contribution in [0.1, 0.15) is 42.1 Å². The number of sulfonamides is 1. The van der Waals surface area contributed by atoms with E-state index in [4.69, 9.17) is 5.11 Å². The standard InChI is InChI=1S/C14H19NO5S/c1-8-3-4-10(5-8)15-21(19,20)13-7-11(14(17)18)12(16)6-9(13)2/h6-8,10,15-16H,3-5H2,1-2H3,(H,17,18). The number of aryl methyl sites for hydroxylation is 1. The Balaban J connectivity index is 2.35. The van der Waals surface area contributed by atoms with Crippen molar-refractivity contribution in [2.24, 2.45) is 5.92 Å². The van der Waals surface area contributed by atoms with Gasteiger partial charge in [0, 0.05) is 6.04 Å². The van der Waals surface area contributed by atoms with Gasteiger partial charge in [0.05, 0.1) is 4.90 Å². The summed E-state index contributed by atoms with van der Waals surface area (Å²) in [5, 5.41) is 18.6. The topological polar surface area (TPSA) is 104 Å². The SMILES string of the molecule is Cc1cc(O)c(C(=O)O)cc1S(=O)(=O)NC1CCC(C)C1. The van der Waals surface area contributed by atoms with Crippen LogP contribution in [-0.4, -0.2) is 30.6 Å². The van der Waals surface area contributed by atoms with Crippen molar-refractivity contribution in [1.82, 2.24) is 4.72 Å².